The van der Waals surface area contributed by atoms with Crippen LogP contribution in [0.4, 0.5) is 5.69 Å². The second-order valence-electron chi connectivity index (χ2n) is 6.44. The van der Waals surface area contributed by atoms with Crippen molar-refractivity contribution in [3.05, 3.63) is 52.2 Å². The molecule has 0 spiro atoms. The molecule has 2 N–H and O–H groups in total. The lowest BCUT2D eigenvalue weighted by Gasteiger charge is -2.21. The van der Waals surface area contributed by atoms with Gasteiger partial charge >= 0.3 is 0 Å². The second-order valence-corrected chi connectivity index (χ2v) is 7.39. The molecular weight excluding hydrogens is 320 g/mol. The van der Waals surface area contributed by atoms with E-state index in [1.807, 2.05) is 49.6 Å². The number of thiophene rings is 1. The van der Waals surface area contributed by atoms with Crippen LogP contribution in [0, 0.1) is 5.92 Å². The summed E-state index contributed by atoms with van der Waals surface area (Å²) in [5.74, 6) is 0.0216. The van der Waals surface area contributed by atoms with E-state index in [1.54, 1.807) is 6.07 Å². The van der Waals surface area contributed by atoms with Crippen LogP contribution in [0.15, 0.2) is 41.8 Å². The Morgan fingerprint density at radius 3 is 2.17 bits per heavy atom. The standard InChI is InChI=1S/C19H24N2O2S/c1-12(2)14-7-9-15(10-8-14)20-19(23)17(13(3)4)21-18(22)16-6-5-11-24-16/h5-13,17H,1-4H3,(H,20,23)(H,21,22). The fourth-order valence-corrected chi connectivity index (χ4v) is 2.95. The highest BCUT2D eigenvalue weighted by atomic mass is 32.1. The number of carbonyl (C=O) groups is 2. The molecule has 2 aromatic rings. The lowest BCUT2D eigenvalue weighted by Crippen LogP contribution is -2.46. The van der Waals surface area contributed by atoms with E-state index in [2.05, 4.69) is 24.5 Å². The maximum atomic E-state index is 12.6. The van der Waals surface area contributed by atoms with Crippen molar-refractivity contribution in [1.82, 2.24) is 5.32 Å². The third-order valence-electron chi connectivity index (χ3n) is 3.83. The molecule has 1 aromatic heterocycles. The smallest absolute Gasteiger partial charge is 0.262 e. The highest BCUT2D eigenvalue weighted by Gasteiger charge is 2.25. The van der Waals surface area contributed by atoms with Crippen LogP contribution in [-0.4, -0.2) is 17.9 Å². The van der Waals surface area contributed by atoms with E-state index in [-0.39, 0.29) is 17.7 Å². The van der Waals surface area contributed by atoms with Crippen LogP contribution in [0.3, 0.4) is 0 Å². The fraction of sp³-hybridized carbons (Fsp3) is 0.368. The third-order valence-corrected chi connectivity index (χ3v) is 4.69. The molecule has 1 heterocycles. The maximum Gasteiger partial charge on any atom is 0.262 e. The van der Waals surface area contributed by atoms with Crippen LogP contribution in [0.5, 0.6) is 0 Å². The van der Waals surface area contributed by atoms with E-state index >= 15 is 0 Å². The monoisotopic (exact) mass is 344 g/mol. The molecule has 128 valence electrons. The van der Waals surface area contributed by atoms with Crippen molar-refractivity contribution in [3.63, 3.8) is 0 Å². The van der Waals surface area contributed by atoms with Crippen LogP contribution in [0.2, 0.25) is 0 Å². The summed E-state index contributed by atoms with van der Waals surface area (Å²) in [5.41, 5.74) is 1.96. The van der Waals surface area contributed by atoms with Gasteiger partial charge in [-0.3, -0.25) is 9.59 Å². The average molecular weight is 344 g/mol. The van der Waals surface area contributed by atoms with Gasteiger partial charge in [-0.25, -0.2) is 0 Å². The number of anilines is 1. The molecule has 0 saturated carbocycles. The first-order valence-electron chi connectivity index (χ1n) is 8.13. The first-order chi connectivity index (χ1) is 11.4. The largest absolute Gasteiger partial charge is 0.339 e. The molecule has 1 aromatic carbocycles. The lowest BCUT2D eigenvalue weighted by atomic mass is 10.0. The van der Waals surface area contributed by atoms with Gasteiger partial charge in [-0.2, -0.15) is 0 Å². The van der Waals surface area contributed by atoms with Gasteiger partial charge in [-0.1, -0.05) is 45.9 Å². The molecule has 4 nitrogen and oxygen atoms in total. The summed E-state index contributed by atoms with van der Waals surface area (Å²) in [6.45, 7) is 8.09. The molecule has 0 radical (unpaired) electrons. The van der Waals surface area contributed by atoms with Crippen LogP contribution >= 0.6 is 11.3 Å². The zero-order chi connectivity index (χ0) is 17.7. The number of carbonyl (C=O) groups excluding carboxylic acids is 2. The van der Waals surface area contributed by atoms with Gasteiger partial charge in [0.25, 0.3) is 5.91 Å². The van der Waals surface area contributed by atoms with Gasteiger partial charge in [0.05, 0.1) is 4.88 Å². The summed E-state index contributed by atoms with van der Waals surface area (Å²) in [7, 11) is 0. The molecule has 0 bridgehead atoms. The van der Waals surface area contributed by atoms with Gasteiger partial charge in [0, 0.05) is 5.69 Å². The molecule has 0 fully saturated rings. The Hall–Kier alpha value is -2.14. The van der Waals surface area contributed by atoms with E-state index < -0.39 is 6.04 Å². The Kier molecular flexibility index (Phi) is 6.15. The van der Waals surface area contributed by atoms with Crippen molar-refractivity contribution in [1.29, 1.82) is 0 Å². The van der Waals surface area contributed by atoms with Gasteiger partial charge in [-0.15, -0.1) is 11.3 Å². The van der Waals surface area contributed by atoms with Gasteiger partial charge < -0.3 is 10.6 Å². The van der Waals surface area contributed by atoms with E-state index in [1.165, 1.54) is 16.9 Å². The number of amides is 2. The highest BCUT2D eigenvalue weighted by molar-refractivity contribution is 7.12. The minimum Gasteiger partial charge on any atom is -0.339 e. The topological polar surface area (TPSA) is 58.2 Å². The van der Waals surface area contributed by atoms with E-state index in [0.717, 1.165) is 5.69 Å². The zero-order valence-electron chi connectivity index (χ0n) is 14.5. The van der Waals surface area contributed by atoms with Crippen molar-refractivity contribution < 1.29 is 9.59 Å². The Labute approximate surface area is 147 Å². The van der Waals surface area contributed by atoms with Crippen LogP contribution in [-0.2, 0) is 4.79 Å². The zero-order valence-corrected chi connectivity index (χ0v) is 15.3. The molecule has 5 heteroatoms. The number of hydrogen-bond acceptors (Lipinski definition) is 3. The molecule has 1 unspecified atom stereocenters. The van der Waals surface area contributed by atoms with E-state index in [9.17, 15) is 9.59 Å². The SMILES string of the molecule is CC(C)c1ccc(NC(=O)C(NC(=O)c2cccs2)C(C)C)cc1. The Bertz CT molecular complexity index is 676. The second kappa shape index (κ2) is 8.11. The quantitative estimate of drug-likeness (QED) is 0.822. The molecule has 2 rings (SSSR count). The van der Waals surface area contributed by atoms with Crippen molar-refractivity contribution in [2.45, 2.75) is 39.7 Å². The van der Waals surface area contributed by atoms with Crippen LogP contribution in [0.25, 0.3) is 0 Å². The molecule has 0 aliphatic heterocycles. The first kappa shape index (κ1) is 18.2. The molecule has 1 atom stereocenters. The van der Waals surface area contributed by atoms with Gasteiger partial charge in [0.2, 0.25) is 5.91 Å². The normalized spacial score (nSPS) is 12.2. The van der Waals surface area contributed by atoms with Gasteiger partial charge in [-0.05, 0) is 41.0 Å². The lowest BCUT2D eigenvalue weighted by molar-refractivity contribution is -0.118. The van der Waals surface area contributed by atoms with Crippen molar-refractivity contribution >= 4 is 28.8 Å². The molecule has 24 heavy (non-hydrogen) atoms. The van der Waals surface area contributed by atoms with Crippen molar-refractivity contribution in [3.8, 4) is 0 Å². The molecule has 0 aliphatic rings. The summed E-state index contributed by atoms with van der Waals surface area (Å²) in [6.07, 6.45) is 0. The minimum absolute atomic E-state index is 0.0103. The van der Waals surface area contributed by atoms with Crippen LogP contribution < -0.4 is 10.6 Å². The van der Waals surface area contributed by atoms with Crippen molar-refractivity contribution in [2.24, 2.45) is 5.92 Å². The summed E-state index contributed by atoms with van der Waals surface area (Å²) in [4.78, 5) is 25.4. The average Bonchev–Trinajstić information content (AvgIpc) is 3.07. The highest BCUT2D eigenvalue weighted by Crippen LogP contribution is 2.18. The summed E-state index contributed by atoms with van der Waals surface area (Å²) in [5, 5.41) is 7.56. The number of nitrogens with one attached hydrogen (secondary N) is 2. The predicted octanol–water partition coefficient (Wildman–Crippen LogP) is 4.26. The maximum absolute atomic E-state index is 12.6. The van der Waals surface area contributed by atoms with Crippen molar-refractivity contribution in [2.75, 3.05) is 5.32 Å². The van der Waals surface area contributed by atoms with Gasteiger partial charge in [0.15, 0.2) is 0 Å². The summed E-state index contributed by atoms with van der Waals surface area (Å²) >= 11 is 1.36. The molecule has 2 amide bonds. The van der Waals surface area contributed by atoms with E-state index in [4.69, 9.17) is 0 Å². The number of rotatable bonds is 6. The predicted molar refractivity (Wildman–Crippen MR) is 99.6 cm³/mol. The third kappa shape index (κ3) is 4.68. The van der Waals surface area contributed by atoms with E-state index in [0.29, 0.717) is 10.8 Å². The molecule has 0 saturated heterocycles. The van der Waals surface area contributed by atoms with Gasteiger partial charge in [0.1, 0.15) is 6.04 Å². The van der Waals surface area contributed by atoms with Crippen LogP contribution in [0.1, 0.15) is 48.8 Å². The Balaban J connectivity index is 2.04. The Morgan fingerprint density at radius 2 is 1.67 bits per heavy atom. The Morgan fingerprint density at radius 1 is 1.00 bits per heavy atom. The number of benzene rings is 1. The summed E-state index contributed by atoms with van der Waals surface area (Å²) < 4.78 is 0. The fourth-order valence-electron chi connectivity index (χ4n) is 2.33. The summed E-state index contributed by atoms with van der Waals surface area (Å²) in [6, 6.07) is 10.8. The first-order valence-corrected chi connectivity index (χ1v) is 9.01. The molecular formula is C19H24N2O2S. The number of hydrogen-bond donors (Lipinski definition) is 2. The minimum atomic E-state index is -0.579. The molecule has 0 aliphatic carbocycles.